The van der Waals surface area contributed by atoms with Crippen molar-refractivity contribution in [3.63, 3.8) is 0 Å². The van der Waals surface area contributed by atoms with Crippen molar-refractivity contribution < 1.29 is 29.3 Å². The van der Waals surface area contributed by atoms with E-state index in [1.54, 1.807) is 24.3 Å². The zero-order chi connectivity index (χ0) is 27.8. The highest BCUT2D eigenvalue weighted by Crippen LogP contribution is 2.09. The molecule has 3 aromatic rings. The number of carbonyl (C=O) groups is 2. The summed E-state index contributed by atoms with van der Waals surface area (Å²) in [4.78, 5) is 24.8. The van der Waals surface area contributed by atoms with E-state index < -0.39 is 12.1 Å². The molecule has 0 aliphatic rings. The van der Waals surface area contributed by atoms with Crippen LogP contribution in [-0.2, 0) is 16.1 Å². The molecule has 0 radical (unpaired) electrons. The number of amides is 2. The molecule has 0 aromatic heterocycles. The lowest BCUT2D eigenvalue weighted by atomic mass is 10.2. The van der Waals surface area contributed by atoms with Gasteiger partial charge in [0.2, 0.25) is 0 Å². The Labute approximate surface area is 224 Å². The first-order valence-electron chi connectivity index (χ1n) is 12.5. The van der Waals surface area contributed by atoms with Gasteiger partial charge in [0, 0.05) is 24.2 Å². The molecule has 0 aliphatic carbocycles. The van der Waals surface area contributed by atoms with Crippen molar-refractivity contribution in [1.82, 2.24) is 10.6 Å². The molecule has 2 atom stereocenters. The number of aliphatic hydroxyl groups is 2. The average molecular weight is 523 g/mol. The minimum atomic E-state index is -1.50. The molecule has 8 heteroatoms. The van der Waals surface area contributed by atoms with Crippen LogP contribution in [-0.4, -0.2) is 53.3 Å². The molecule has 204 valence electrons. The monoisotopic (exact) mass is 522 g/mol. The second kappa shape index (κ2) is 16.3. The Kier molecular flexibility index (Phi) is 13.2. The third kappa shape index (κ3) is 13.7. The summed E-state index contributed by atoms with van der Waals surface area (Å²) in [5.41, 5.74) is 2.24. The van der Waals surface area contributed by atoms with Crippen LogP contribution in [0.2, 0.25) is 0 Å². The van der Waals surface area contributed by atoms with E-state index in [-0.39, 0.29) is 17.9 Å². The molecule has 0 fully saturated rings. The summed E-state index contributed by atoms with van der Waals surface area (Å²) in [6, 6.07) is 27.9. The maximum Gasteiger partial charge on any atom is 0.251 e. The Morgan fingerprint density at radius 3 is 1.74 bits per heavy atom. The summed E-state index contributed by atoms with van der Waals surface area (Å²) in [7, 11) is 0. The Bertz CT molecular complexity index is 1070. The average Bonchev–Trinajstić information content (AvgIpc) is 2.91. The Morgan fingerprint density at radius 1 is 0.789 bits per heavy atom. The zero-order valence-electron chi connectivity index (χ0n) is 22.2. The second-order valence-corrected chi connectivity index (χ2v) is 9.10. The van der Waals surface area contributed by atoms with Gasteiger partial charge in [-0.2, -0.15) is 0 Å². The SMILES string of the molecule is CC(C)(O)O.CC(OCc1ccccc1)OC(CCNC(=O)c1ccccc1)CNC(=O)c1ccccc1. The smallest absolute Gasteiger partial charge is 0.251 e. The van der Waals surface area contributed by atoms with E-state index in [0.29, 0.717) is 37.2 Å². The van der Waals surface area contributed by atoms with Crippen LogP contribution >= 0.6 is 0 Å². The van der Waals surface area contributed by atoms with E-state index in [1.165, 1.54) is 13.8 Å². The lowest BCUT2D eigenvalue weighted by Crippen LogP contribution is -2.38. The summed E-state index contributed by atoms with van der Waals surface area (Å²) >= 11 is 0. The molecule has 38 heavy (non-hydrogen) atoms. The molecule has 4 N–H and O–H groups in total. The highest BCUT2D eigenvalue weighted by atomic mass is 16.7. The molecule has 2 amide bonds. The van der Waals surface area contributed by atoms with Gasteiger partial charge in [0.1, 0.15) is 0 Å². The maximum atomic E-state index is 12.4. The van der Waals surface area contributed by atoms with Crippen molar-refractivity contribution in [3.8, 4) is 0 Å². The first kappa shape index (κ1) is 30.7. The van der Waals surface area contributed by atoms with Crippen LogP contribution in [0.15, 0.2) is 91.0 Å². The molecule has 0 aliphatic heterocycles. The number of hydrogen-bond acceptors (Lipinski definition) is 6. The third-order valence-electron chi connectivity index (χ3n) is 5.03. The van der Waals surface area contributed by atoms with Gasteiger partial charge in [-0.15, -0.1) is 0 Å². The summed E-state index contributed by atoms with van der Waals surface area (Å²) < 4.78 is 11.9. The standard InChI is InChI=1S/C27H30N2O4.C3H8O2/c1-21(32-20-22-11-5-2-6-12-22)33-25(19-29-27(31)24-15-9-4-10-16-24)17-18-28-26(30)23-13-7-3-8-14-23;1-3(2,4)5/h2-16,21,25H,17-20H2,1H3,(H,28,30)(H,29,31);4-5H,1-2H3. The van der Waals surface area contributed by atoms with Crippen LogP contribution in [0.25, 0.3) is 0 Å². The van der Waals surface area contributed by atoms with Crippen LogP contribution in [0.1, 0.15) is 53.5 Å². The van der Waals surface area contributed by atoms with Gasteiger partial charge >= 0.3 is 0 Å². The van der Waals surface area contributed by atoms with E-state index in [4.69, 9.17) is 19.7 Å². The fourth-order valence-electron chi connectivity index (χ4n) is 3.25. The first-order chi connectivity index (χ1) is 18.1. The molecule has 0 spiro atoms. The number of ether oxygens (including phenoxy) is 2. The molecule has 3 aromatic carbocycles. The van der Waals surface area contributed by atoms with Gasteiger partial charge < -0.3 is 30.3 Å². The van der Waals surface area contributed by atoms with Gasteiger partial charge in [0.15, 0.2) is 12.1 Å². The van der Waals surface area contributed by atoms with Crippen molar-refractivity contribution in [2.45, 2.75) is 52.0 Å². The van der Waals surface area contributed by atoms with E-state index >= 15 is 0 Å². The van der Waals surface area contributed by atoms with Gasteiger partial charge in [-0.05, 0) is 57.0 Å². The van der Waals surface area contributed by atoms with E-state index in [9.17, 15) is 9.59 Å². The minimum Gasteiger partial charge on any atom is -0.366 e. The molecule has 0 saturated heterocycles. The van der Waals surface area contributed by atoms with Gasteiger partial charge in [-0.25, -0.2) is 0 Å². The third-order valence-corrected chi connectivity index (χ3v) is 5.03. The molecule has 2 unspecified atom stereocenters. The summed E-state index contributed by atoms with van der Waals surface area (Å²) in [5, 5.41) is 22.0. The Hall–Kier alpha value is -3.56. The number of carbonyl (C=O) groups excluding carboxylic acids is 2. The Morgan fingerprint density at radius 2 is 1.24 bits per heavy atom. The first-order valence-corrected chi connectivity index (χ1v) is 12.5. The van der Waals surface area contributed by atoms with Crippen molar-refractivity contribution in [3.05, 3.63) is 108 Å². The van der Waals surface area contributed by atoms with Gasteiger partial charge in [-0.1, -0.05) is 66.7 Å². The van der Waals surface area contributed by atoms with Crippen LogP contribution in [0.4, 0.5) is 0 Å². The lowest BCUT2D eigenvalue weighted by Gasteiger charge is -2.23. The number of nitrogens with one attached hydrogen (secondary N) is 2. The summed E-state index contributed by atoms with van der Waals surface area (Å²) in [5.74, 6) is -1.81. The molecule has 0 saturated carbocycles. The molecular formula is C30H38N2O6. The lowest BCUT2D eigenvalue weighted by molar-refractivity contribution is -0.165. The minimum absolute atomic E-state index is 0.143. The van der Waals surface area contributed by atoms with Crippen molar-refractivity contribution in [2.75, 3.05) is 13.1 Å². The van der Waals surface area contributed by atoms with Crippen LogP contribution in [0, 0.1) is 0 Å². The van der Waals surface area contributed by atoms with Crippen molar-refractivity contribution in [1.29, 1.82) is 0 Å². The van der Waals surface area contributed by atoms with E-state index in [0.717, 1.165) is 5.56 Å². The predicted molar refractivity (Wildman–Crippen MR) is 146 cm³/mol. The normalized spacial score (nSPS) is 12.4. The van der Waals surface area contributed by atoms with Gasteiger partial charge in [-0.3, -0.25) is 9.59 Å². The second-order valence-electron chi connectivity index (χ2n) is 9.10. The van der Waals surface area contributed by atoms with Crippen LogP contribution in [0.5, 0.6) is 0 Å². The fraction of sp³-hybridized carbons (Fsp3) is 0.333. The van der Waals surface area contributed by atoms with Gasteiger partial charge in [0.05, 0.1) is 12.7 Å². The van der Waals surface area contributed by atoms with Crippen LogP contribution in [0.3, 0.4) is 0 Å². The predicted octanol–water partition coefficient (Wildman–Crippen LogP) is 3.89. The highest BCUT2D eigenvalue weighted by molar-refractivity contribution is 5.94. The van der Waals surface area contributed by atoms with Crippen molar-refractivity contribution in [2.24, 2.45) is 0 Å². The van der Waals surface area contributed by atoms with Crippen molar-refractivity contribution >= 4 is 11.8 Å². The number of benzene rings is 3. The summed E-state index contributed by atoms with van der Waals surface area (Å²) in [6.45, 7) is 5.56. The maximum absolute atomic E-state index is 12.4. The quantitative estimate of drug-likeness (QED) is 0.268. The highest BCUT2D eigenvalue weighted by Gasteiger charge is 2.17. The molecular weight excluding hydrogens is 484 g/mol. The molecule has 0 bridgehead atoms. The zero-order valence-corrected chi connectivity index (χ0v) is 22.2. The largest absolute Gasteiger partial charge is 0.366 e. The summed E-state index contributed by atoms with van der Waals surface area (Å²) in [6.07, 6.45) is -0.291. The van der Waals surface area contributed by atoms with Crippen LogP contribution < -0.4 is 10.6 Å². The van der Waals surface area contributed by atoms with E-state index in [2.05, 4.69) is 10.6 Å². The fourth-order valence-corrected chi connectivity index (χ4v) is 3.25. The number of rotatable bonds is 12. The number of hydrogen-bond donors (Lipinski definition) is 4. The topological polar surface area (TPSA) is 117 Å². The molecule has 0 heterocycles. The molecule has 8 nitrogen and oxygen atoms in total. The van der Waals surface area contributed by atoms with Gasteiger partial charge in [0.25, 0.3) is 11.8 Å². The van der Waals surface area contributed by atoms with E-state index in [1.807, 2.05) is 73.7 Å². The molecule has 3 rings (SSSR count). The Balaban J connectivity index is 0.000000926.